The molecule has 7 aliphatic rings. The van der Waals surface area contributed by atoms with Crippen LogP contribution in [0.15, 0.2) is 0 Å². The molecule has 7 fully saturated rings. The van der Waals surface area contributed by atoms with E-state index in [4.69, 9.17) is 18.9 Å². The van der Waals surface area contributed by atoms with Gasteiger partial charge in [0.15, 0.2) is 18.4 Å². The number of carbonyl (C=O) groups is 1. The van der Waals surface area contributed by atoms with Gasteiger partial charge in [-0.3, -0.25) is 4.79 Å². The van der Waals surface area contributed by atoms with E-state index < -0.39 is 104 Å². The van der Waals surface area contributed by atoms with E-state index in [0.717, 1.165) is 25.7 Å². The van der Waals surface area contributed by atoms with Gasteiger partial charge in [-0.15, -0.1) is 0 Å². The molecule has 5 saturated carbocycles. The Kier molecular flexibility index (Phi) is 11.5. The number of aliphatic hydroxyl groups is 10. The minimum atomic E-state index is -1.78. The molecule has 2 spiro atoms. The Morgan fingerprint density at radius 2 is 1.39 bits per heavy atom. The Balaban J connectivity index is 1.11. The summed E-state index contributed by atoms with van der Waals surface area (Å²) in [6.45, 7) is 12.6. The summed E-state index contributed by atoms with van der Waals surface area (Å²) in [5.74, 6) is -0.213. The van der Waals surface area contributed by atoms with Crippen molar-refractivity contribution in [2.75, 3.05) is 13.2 Å². The van der Waals surface area contributed by atoms with Gasteiger partial charge in [-0.2, -0.15) is 0 Å². The van der Waals surface area contributed by atoms with Crippen LogP contribution in [0.1, 0.15) is 106 Å². The molecule has 2 aliphatic heterocycles. The number of ether oxygens (including phenoxy) is 4. The van der Waals surface area contributed by atoms with Gasteiger partial charge >= 0.3 is 0 Å². The third kappa shape index (κ3) is 6.55. The molecular weight excluding hydrogens is 744 g/mol. The minimum absolute atomic E-state index is 0.0296. The predicted molar refractivity (Wildman–Crippen MR) is 201 cm³/mol. The Bertz CT molecular complexity index is 1490. The lowest BCUT2D eigenvalue weighted by atomic mass is 9.41. The normalized spacial score (nSPS) is 53.6. The maximum Gasteiger partial charge on any atom is 0.187 e. The van der Waals surface area contributed by atoms with Crippen LogP contribution in [0.25, 0.3) is 0 Å². The van der Waals surface area contributed by atoms with Crippen molar-refractivity contribution in [3.8, 4) is 0 Å². The van der Waals surface area contributed by atoms with Gasteiger partial charge in [0, 0.05) is 6.42 Å². The zero-order chi connectivity index (χ0) is 42.0. The number of Topliss-reactive ketones (excluding diaryl/α,β-unsaturated/α-hetero) is 1. The van der Waals surface area contributed by atoms with E-state index in [9.17, 15) is 55.9 Å². The molecule has 0 bridgehead atoms. The highest BCUT2D eigenvalue weighted by atomic mass is 16.8. The van der Waals surface area contributed by atoms with Gasteiger partial charge in [0.25, 0.3) is 0 Å². The molecule has 15 heteroatoms. The topological polar surface area (TPSA) is 256 Å². The lowest BCUT2D eigenvalue weighted by Crippen LogP contribution is -2.66. The lowest BCUT2D eigenvalue weighted by molar-refractivity contribution is -0.377. The first-order valence-electron chi connectivity index (χ1n) is 21.3. The van der Waals surface area contributed by atoms with Crippen LogP contribution in [0, 0.1) is 50.7 Å². The number of fused-ring (bicyclic) bond motifs is 2. The largest absolute Gasteiger partial charge is 0.394 e. The summed E-state index contributed by atoms with van der Waals surface area (Å²) in [6.07, 6.45) is -11.0. The predicted octanol–water partition coefficient (Wildman–Crippen LogP) is 0.133. The van der Waals surface area contributed by atoms with E-state index in [1.54, 1.807) is 0 Å². The zero-order valence-electron chi connectivity index (χ0n) is 34.6. The SMILES string of the molecule is CC(CCC(=O)C(C)(C)O)C1C(O)CC2(C)C3C(O)CC4C(C)(C)C(OC5OC(CO)C(O)C(O)C5OC5OC(CO)C(O)C(O)C5O)CCC45CC35CCC12C. The smallest absolute Gasteiger partial charge is 0.187 e. The van der Waals surface area contributed by atoms with Crippen LogP contribution in [-0.2, 0) is 23.7 Å². The summed E-state index contributed by atoms with van der Waals surface area (Å²) in [6, 6.07) is 0. The summed E-state index contributed by atoms with van der Waals surface area (Å²) in [5, 5.41) is 108. The molecule has 10 N–H and O–H groups in total. The molecule has 0 aromatic rings. The first-order chi connectivity index (χ1) is 26.5. The third-order valence-corrected chi connectivity index (χ3v) is 17.5. The molecule has 0 amide bonds. The number of hydrogen-bond donors (Lipinski definition) is 10. The Morgan fingerprint density at radius 3 is 2.00 bits per heavy atom. The molecule has 0 aromatic carbocycles. The van der Waals surface area contributed by atoms with E-state index in [1.807, 2.05) is 0 Å². The van der Waals surface area contributed by atoms with Crippen molar-refractivity contribution < 1.29 is 74.8 Å². The average Bonchev–Trinajstić information content (AvgIpc) is 3.73. The van der Waals surface area contributed by atoms with Gasteiger partial charge in [-0.05, 0) is 116 Å². The van der Waals surface area contributed by atoms with E-state index in [1.165, 1.54) is 13.8 Å². The monoisotopic (exact) mass is 814 g/mol. The van der Waals surface area contributed by atoms with E-state index in [2.05, 4.69) is 34.6 Å². The van der Waals surface area contributed by atoms with Crippen molar-refractivity contribution in [2.45, 2.75) is 192 Å². The minimum Gasteiger partial charge on any atom is -0.394 e. The average molecular weight is 815 g/mol. The molecule has 0 aromatic heterocycles. The van der Waals surface area contributed by atoms with Crippen LogP contribution in [0.4, 0.5) is 0 Å². The van der Waals surface area contributed by atoms with Crippen molar-refractivity contribution in [3.63, 3.8) is 0 Å². The van der Waals surface area contributed by atoms with Crippen molar-refractivity contribution in [1.82, 2.24) is 0 Å². The number of rotatable bonds is 11. The fraction of sp³-hybridized carbons (Fsp3) is 0.976. The molecule has 7 rings (SSSR count). The Hall–Kier alpha value is -0.890. The van der Waals surface area contributed by atoms with Crippen molar-refractivity contribution in [3.05, 3.63) is 0 Å². The van der Waals surface area contributed by atoms with Gasteiger partial charge in [0.05, 0.1) is 31.5 Å². The summed E-state index contributed by atoms with van der Waals surface area (Å²) >= 11 is 0. The molecule has 21 atom stereocenters. The van der Waals surface area contributed by atoms with E-state index in [-0.39, 0.29) is 57.5 Å². The number of hydrogen-bond acceptors (Lipinski definition) is 15. The van der Waals surface area contributed by atoms with Crippen LogP contribution in [-0.4, -0.2) is 155 Å². The first-order valence-corrected chi connectivity index (χ1v) is 21.3. The van der Waals surface area contributed by atoms with Gasteiger partial charge in [-0.25, -0.2) is 0 Å². The zero-order valence-corrected chi connectivity index (χ0v) is 34.6. The second-order valence-electron chi connectivity index (χ2n) is 20.9. The fourth-order valence-corrected chi connectivity index (χ4v) is 14.3. The quantitative estimate of drug-likeness (QED) is 0.125. The molecule has 2 saturated heterocycles. The van der Waals surface area contributed by atoms with Crippen LogP contribution in [0.3, 0.4) is 0 Å². The fourth-order valence-electron chi connectivity index (χ4n) is 14.3. The summed E-state index contributed by atoms with van der Waals surface area (Å²) in [4.78, 5) is 12.7. The molecule has 15 nitrogen and oxygen atoms in total. The van der Waals surface area contributed by atoms with Gasteiger partial charge in [0.1, 0.15) is 54.4 Å². The second kappa shape index (κ2) is 14.9. The summed E-state index contributed by atoms with van der Waals surface area (Å²) in [7, 11) is 0. The molecule has 21 unspecified atom stereocenters. The molecule has 328 valence electrons. The van der Waals surface area contributed by atoms with Crippen LogP contribution in [0.2, 0.25) is 0 Å². The van der Waals surface area contributed by atoms with Crippen molar-refractivity contribution >= 4 is 5.78 Å². The van der Waals surface area contributed by atoms with E-state index >= 15 is 0 Å². The van der Waals surface area contributed by atoms with Gasteiger partial charge in [0.2, 0.25) is 0 Å². The Labute approximate surface area is 335 Å². The molecule has 57 heavy (non-hydrogen) atoms. The summed E-state index contributed by atoms with van der Waals surface area (Å²) < 4.78 is 24.3. The molecule has 2 heterocycles. The Morgan fingerprint density at radius 1 is 0.772 bits per heavy atom. The highest BCUT2D eigenvalue weighted by molar-refractivity contribution is 5.86. The van der Waals surface area contributed by atoms with E-state index in [0.29, 0.717) is 25.7 Å². The lowest BCUT2D eigenvalue weighted by Gasteiger charge is -2.64. The standard InChI is InChI=1S/C42H70O15/c1-19(8-9-25(47)38(4,5)53)27-21(46)15-40(7)34-20(45)14-24-37(2,3)26(10-11-41(24)18-42(34,41)13-12-39(27,40)6)56-36-33(31(51)29(49)23(17-44)55-36)57-35-32(52)30(50)28(48)22(16-43)54-35/h19-24,26-36,43-46,48-53H,8-18H2,1-7H3. The highest BCUT2D eigenvalue weighted by Crippen LogP contribution is 2.89. The van der Waals surface area contributed by atoms with Crippen LogP contribution < -0.4 is 0 Å². The van der Waals surface area contributed by atoms with Crippen molar-refractivity contribution in [2.24, 2.45) is 50.7 Å². The summed E-state index contributed by atoms with van der Waals surface area (Å²) in [5.41, 5.74) is -2.75. The highest BCUT2D eigenvalue weighted by Gasteiger charge is 2.84. The second-order valence-corrected chi connectivity index (χ2v) is 20.9. The number of carbonyl (C=O) groups excluding carboxylic acids is 1. The number of ketones is 1. The van der Waals surface area contributed by atoms with Crippen molar-refractivity contribution in [1.29, 1.82) is 0 Å². The van der Waals surface area contributed by atoms with Gasteiger partial charge < -0.3 is 70.0 Å². The van der Waals surface area contributed by atoms with Crippen LogP contribution in [0.5, 0.6) is 0 Å². The maximum absolute atomic E-state index is 12.7. The van der Waals surface area contributed by atoms with Crippen LogP contribution >= 0.6 is 0 Å². The van der Waals surface area contributed by atoms with Gasteiger partial charge in [-0.1, -0.05) is 34.6 Å². The molecule has 5 aliphatic carbocycles. The first kappa shape index (κ1) is 44.2. The molecule has 0 radical (unpaired) electrons. The number of aliphatic hydroxyl groups excluding tert-OH is 9. The molecular formula is C42H70O15. The third-order valence-electron chi connectivity index (χ3n) is 17.5. The maximum atomic E-state index is 12.7.